The first-order valence-electron chi connectivity index (χ1n) is 7.55. The third-order valence-electron chi connectivity index (χ3n) is 4.64. The standard InChI is InChI=1S/C17H28N2O/c1-13-6-7-14(2)15(10-13)16(11-18)19-9-5-8-17(3,12-19)20-4/h6-7,10,16H,5,8-9,11-12,18H2,1-4H3. The van der Waals surface area contributed by atoms with Crippen LogP contribution in [0.15, 0.2) is 18.2 Å². The van der Waals surface area contributed by atoms with Gasteiger partial charge in [-0.3, -0.25) is 4.90 Å². The molecule has 0 aromatic heterocycles. The van der Waals surface area contributed by atoms with Gasteiger partial charge in [-0.1, -0.05) is 23.8 Å². The van der Waals surface area contributed by atoms with Gasteiger partial charge in [-0.05, 0) is 51.3 Å². The predicted molar refractivity (Wildman–Crippen MR) is 83.9 cm³/mol. The maximum atomic E-state index is 6.10. The number of nitrogens with two attached hydrogens (primary N) is 1. The van der Waals surface area contributed by atoms with E-state index in [9.17, 15) is 0 Å². The molecule has 1 aliphatic rings. The van der Waals surface area contributed by atoms with Crippen LogP contribution in [0.2, 0.25) is 0 Å². The fraction of sp³-hybridized carbons (Fsp3) is 0.647. The summed E-state index contributed by atoms with van der Waals surface area (Å²) in [7, 11) is 1.82. The normalized spacial score (nSPS) is 25.6. The lowest BCUT2D eigenvalue weighted by atomic mass is 9.90. The van der Waals surface area contributed by atoms with Crippen LogP contribution in [-0.2, 0) is 4.74 Å². The molecule has 1 aliphatic heterocycles. The molecule has 2 N–H and O–H groups in total. The molecule has 0 radical (unpaired) electrons. The highest BCUT2D eigenvalue weighted by atomic mass is 16.5. The molecule has 0 amide bonds. The van der Waals surface area contributed by atoms with Crippen LogP contribution in [0.25, 0.3) is 0 Å². The fourth-order valence-electron chi connectivity index (χ4n) is 3.27. The van der Waals surface area contributed by atoms with E-state index in [1.54, 1.807) is 0 Å². The van der Waals surface area contributed by atoms with Crippen molar-refractivity contribution in [1.82, 2.24) is 4.90 Å². The monoisotopic (exact) mass is 276 g/mol. The Morgan fingerprint density at radius 2 is 2.15 bits per heavy atom. The second kappa shape index (κ2) is 6.25. The summed E-state index contributed by atoms with van der Waals surface area (Å²) in [4.78, 5) is 2.49. The Hall–Kier alpha value is -0.900. The minimum atomic E-state index is -0.0383. The lowest BCUT2D eigenvalue weighted by Crippen LogP contribution is -2.50. The zero-order chi connectivity index (χ0) is 14.8. The topological polar surface area (TPSA) is 38.5 Å². The number of ether oxygens (including phenoxy) is 1. The first-order valence-corrected chi connectivity index (χ1v) is 7.55. The Labute approximate surface area is 123 Å². The summed E-state index contributed by atoms with van der Waals surface area (Å²) < 4.78 is 5.71. The second-order valence-electron chi connectivity index (χ2n) is 6.34. The van der Waals surface area contributed by atoms with Gasteiger partial charge in [0.25, 0.3) is 0 Å². The molecule has 20 heavy (non-hydrogen) atoms. The molecule has 1 saturated heterocycles. The van der Waals surface area contributed by atoms with E-state index in [-0.39, 0.29) is 5.60 Å². The van der Waals surface area contributed by atoms with Crippen LogP contribution in [0.3, 0.4) is 0 Å². The SMILES string of the molecule is COC1(C)CCCN(C(CN)c2cc(C)ccc2C)C1. The van der Waals surface area contributed by atoms with Gasteiger partial charge >= 0.3 is 0 Å². The zero-order valence-electron chi connectivity index (χ0n) is 13.3. The Morgan fingerprint density at radius 1 is 1.40 bits per heavy atom. The van der Waals surface area contributed by atoms with E-state index in [0.717, 1.165) is 19.5 Å². The molecule has 2 rings (SSSR count). The Balaban J connectivity index is 2.25. The molecule has 0 bridgehead atoms. The van der Waals surface area contributed by atoms with Crippen molar-refractivity contribution in [2.75, 3.05) is 26.7 Å². The summed E-state index contributed by atoms with van der Waals surface area (Å²) in [6, 6.07) is 6.95. The average molecular weight is 276 g/mol. The molecule has 2 atom stereocenters. The summed E-state index contributed by atoms with van der Waals surface area (Å²) in [5.41, 5.74) is 10.1. The number of hydrogen-bond donors (Lipinski definition) is 1. The summed E-state index contributed by atoms with van der Waals surface area (Å²) in [5, 5.41) is 0. The number of nitrogens with zero attached hydrogens (tertiary/aromatic N) is 1. The highest BCUT2D eigenvalue weighted by molar-refractivity contribution is 5.33. The third kappa shape index (κ3) is 3.22. The molecule has 1 fully saturated rings. The molecule has 1 aromatic rings. The third-order valence-corrected chi connectivity index (χ3v) is 4.64. The van der Waals surface area contributed by atoms with Crippen LogP contribution in [0.1, 0.15) is 42.5 Å². The van der Waals surface area contributed by atoms with Gasteiger partial charge in [-0.25, -0.2) is 0 Å². The first kappa shape index (κ1) is 15.5. The Morgan fingerprint density at radius 3 is 2.80 bits per heavy atom. The van der Waals surface area contributed by atoms with Gasteiger partial charge in [-0.15, -0.1) is 0 Å². The van der Waals surface area contributed by atoms with Crippen molar-refractivity contribution in [3.05, 3.63) is 34.9 Å². The number of aryl methyl sites for hydroxylation is 2. The van der Waals surface area contributed by atoms with E-state index in [1.165, 1.54) is 23.1 Å². The quantitative estimate of drug-likeness (QED) is 0.919. The fourth-order valence-corrected chi connectivity index (χ4v) is 3.27. The van der Waals surface area contributed by atoms with Gasteiger partial charge in [-0.2, -0.15) is 0 Å². The molecule has 1 heterocycles. The Bertz CT molecular complexity index is 460. The largest absolute Gasteiger partial charge is 0.377 e. The number of piperidine rings is 1. The van der Waals surface area contributed by atoms with Crippen molar-refractivity contribution in [2.24, 2.45) is 5.73 Å². The zero-order valence-corrected chi connectivity index (χ0v) is 13.3. The molecule has 0 spiro atoms. The lowest BCUT2D eigenvalue weighted by Gasteiger charge is -2.43. The van der Waals surface area contributed by atoms with Gasteiger partial charge in [0.15, 0.2) is 0 Å². The molecule has 1 aromatic carbocycles. The molecule has 3 heteroatoms. The van der Waals surface area contributed by atoms with E-state index in [1.807, 2.05) is 7.11 Å². The molecule has 3 nitrogen and oxygen atoms in total. The number of likely N-dealkylation sites (tertiary alicyclic amines) is 1. The van der Waals surface area contributed by atoms with Crippen molar-refractivity contribution in [2.45, 2.75) is 45.3 Å². The summed E-state index contributed by atoms with van der Waals surface area (Å²) in [6.07, 6.45) is 2.30. The average Bonchev–Trinajstić information content (AvgIpc) is 2.44. The van der Waals surface area contributed by atoms with Gasteiger partial charge in [0, 0.05) is 26.2 Å². The minimum Gasteiger partial charge on any atom is -0.377 e. The molecule has 0 aliphatic carbocycles. The van der Waals surface area contributed by atoms with Crippen molar-refractivity contribution >= 4 is 0 Å². The van der Waals surface area contributed by atoms with Gasteiger partial charge in [0.2, 0.25) is 0 Å². The number of hydrogen-bond acceptors (Lipinski definition) is 3. The van der Waals surface area contributed by atoms with E-state index >= 15 is 0 Å². The number of methoxy groups -OCH3 is 1. The van der Waals surface area contributed by atoms with Crippen molar-refractivity contribution in [3.8, 4) is 0 Å². The van der Waals surface area contributed by atoms with Crippen LogP contribution in [0.5, 0.6) is 0 Å². The van der Waals surface area contributed by atoms with Crippen LogP contribution >= 0.6 is 0 Å². The van der Waals surface area contributed by atoms with E-state index in [4.69, 9.17) is 10.5 Å². The van der Waals surface area contributed by atoms with Crippen LogP contribution in [-0.4, -0.2) is 37.2 Å². The van der Waals surface area contributed by atoms with E-state index in [0.29, 0.717) is 12.6 Å². The second-order valence-corrected chi connectivity index (χ2v) is 6.34. The van der Waals surface area contributed by atoms with Gasteiger partial charge in [0.05, 0.1) is 5.60 Å². The van der Waals surface area contributed by atoms with Crippen LogP contribution in [0, 0.1) is 13.8 Å². The molecular formula is C17H28N2O. The number of rotatable bonds is 4. The maximum absolute atomic E-state index is 6.10. The lowest BCUT2D eigenvalue weighted by molar-refractivity contribution is -0.0608. The highest BCUT2D eigenvalue weighted by Crippen LogP contribution is 2.31. The summed E-state index contributed by atoms with van der Waals surface area (Å²) in [6.45, 7) is 9.25. The van der Waals surface area contributed by atoms with Gasteiger partial charge in [0.1, 0.15) is 0 Å². The summed E-state index contributed by atoms with van der Waals surface area (Å²) >= 11 is 0. The molecular weight excluding hydrogens is 248 g/mol. The highest BCUT2D eigenvalue weighted by Gasteiger charge is 2.34. The van der Waals surface area contributed by atoms with Crippen molar-refractivity contribution < 1.29 is 4.74 Å². The molecule has 2 unspecified atom stereocenters. The molecule has 112 valence electrons. The predicted octanol–water partition coefficient (Wildman–Crippen LogP) is 2.80. The van der Waals surface area contributed by atoms with Crippen LogP contribution < -0.4 is 5.73 Å². The summed E-state index contributed by atoms with van der Waals surface area (Å²) in [5.74, 6) is 0. The molecule has 0 saturated carbocycles. The van der Waals surface area contributed by atoms with Crippen molar-refractivity contribution in [1.29, 1.82) is 0 Å². The van der Waals surface area contributed by atoms with Crippen LogP contribution in [0.4, 0.5) is 0 Å². The number of benzene rings is 1. The van der Waals surface area contributed by atoms with E-state index in [2.05, 4.69) is 43.9 Å². The van der Waals surface area contributed by atoms with Crippen molar-refractivity contribution in [3.63, 3.8) is 0 Å². The first-order chi connectivity index (χ1) is 9.49. The minimum absolute atomic E-state index is 0.0383. The smallest absolute Gasteiger partial charge is 0.0777 e. The van der Waals surface area contributed by atoms with Gasteiger partial charge < -0.3 is 10.5 Å². The maximum Gasteiger partial charge on any atom is 0.0777 e. The van der Waals surface area contributed by atoms with E-state index < -0.39 is 0 Å². The Kier molecular flexibility index (Phi) is 4.84.